The quantitative estimate of drug-likeness (QED) is 0.300. The molecule has 0 atom stereocenters. The molecule has 0 aromatic carbocycles. The van der Waals surface area contributed by atoms with Gasteiger partial charge in [0.25, 0.3) is 0 Å². The Morgan fingerprint density at radius 1 is 1.07 bits per heavy atom. The highest BCUT2D eigenvalue weighted by Gasteiger charge is 2.34. The lowest BCUT2D eigenvalue weighted by Crippen LogP contribution is -2.63. The minimum atomic E-state index is -0.488. The van der Waals surface area contributed by atoms with Crippen LogP contribution in [0.25, 0.3) is 0 Å². The first-order valence-corrected chi connectivity index (χ1v) is 10.1. The van der Waals surface area contributed by atoms with E-state index in [9.17, 15) is 9.59 Å². The summed E-state index contributed by atoms with van der Waals surface area (Å²) in [6.07, 6.45) is 5.48. The number of nitrogens with one attached hydrogen (secondary N) is 3. The monoisotopic (exact) mass is 509 g/mol. The summed E-state index contributed by atoms with van der Waals surface area (Å²) in [5.41, 5.74) is -0.488. The van der Waals surface area contributed by atoms with Crippen LogP contribution in [0.4, 0.5) is 4.79 Å². The third-order valence-electron chi connectivity index (χ3n) is 4.57. The largest absolute Gasteiger partial charge is 0.444 e. The van der Waals surface area contributed by atoms with Crippen molar-refractivity contribution in [3.8, 4) is 0 Å². The number of halogens is 1. The molecule has 0 spiro atoms. The lowest BCUT2D eigenvalue weighted by molar-refractivity contribution is -0.120. The van der Waals surface area contributed by atoms with Gasteiger partial charge < -0.3 is 25.6 Å². The van der Waals surface area contributed by atoms with Crippen molar-refractivity contribution >= 4 is 41.9 Å². The first kappa shape index (κ1) is 24.8. The van der Waals surface area contributed by atoms with E-state index in [-0.39, 0.29) is 48.6 Å². The lowest BCUT2D eigenvalue weighted by atomic mass is 9.95. The van der Waals surface area contributed by atoms with E-state index in [1.807, 2.05) is 27.7 Å². The second-order valence-electron chi connectivity index (χ2n) is 8.32. The van der Waals surface area contributed by atoms with E-state index >= 15 is 0 Å². The molecule has 2 rings (SSSR count). The Kier molecular flexibility index (Phi) is 10.3. The first-order chi connectivity index (χ1) is 12.8. The van der Waals surface area contributed by atoms with E-state index in [0.29, 0.717) is 31.6 Å². The average Bonchev–Trinajstić information content (AvgIpc) is 2.54. The van der Waals surface area contributed by atoms with Gasteiger partial charge in [0, 0.05) is 25.7 Å². The van der Waals surface area contributed by atoms with Crippen LogP contribution in [0, 0.1) is 0 Å². The Hall–Kier alpha value is -1.26. The Morgan fingerprint density at radius 2 is 1.71 bits per heavy atom. The van der Waals surface area contributed by atoms with Crippen molar-refractivity contribution in [3.05, 3.63) is 0 Å². The summed E-state index contributed by atoms with van der Waals surface area (Å²) in [4.78, 5) is 30.1. The van der Waals surface area contributed by atoms with E-state index in [1.54, 1.807) is 4.90 Å². The molecule has 1 heterocycles. The van der Waals surface area contributed by atoms with E-state index < -0.39 is 5.60 Å². The van der Waals surface area contributed by atoms with Crippen LogP contribution in [0.15, 0.2) is 4.99 Å². The molecule has 28 heavy (non-hydrogen) atoms. The molecule has 2 amide bonds. The predicted molar refractivity (Wildman–Crippen MR) is 121 cm³/mol. The van der Waals surface area contributed by atoms with Crippen LogP contribution in [-0.4, -0.2) is 66.7 Å². The zero-order chi connectivity index (χ0) is 19.9. The summed E-state index contributed by atoms with van der Waals surface area (Å²) in [5, 5.41) is 9.49. The van der Waals surface area contributed by atoms with Gasteiger partial charge in [-0.25, -0.2) is 9.79 Å². The van der Waals surface area contributed by atoms with E-state index in [0.717, 1.165) is 12.8 Å². The van der Waals surface area contributed by atoms with Crippen molar-refractivity contribution in [2.75, 3.05) is 26.2 Å². The smallest absolute Gasteiger partial charge is 0.410 e. The normalized spacial score (nSPS) is 18.6. The van der Waals surface area contributed by atoms with Crippen molar-refractivity contribution in [1.82, 2.24) is 20.9 Å². The molecule has 8 nitrogen and oxygen atoms in total. The minimum absolute atomic E-state index is 0. The van der Waals surface area contributed by atoms with Gasteiger partial charge in [-0.1, -0.05) is 19.3 Å². The van der Waals surface area contributed by atoms with Crippen molar-refractivity contribution in [2.45, 2.75) is 77.5 Å². The number of ether oxygens (including phenoxy) is 1. The van der Waals surface area contributed by atoms with Gasteiger partial charge in [-0.2, -0.15) is 0 Å². The molecule has 2 aliphatic rings. The number of guanidine groups is 1. The summed E-state index contributed by atoms with van der Waals surface area (Å²) in [6, 6.07) is 0.405. The van der Waals surface area contributed by atoms with Crippen LogP contribution in [-0.2, 0) is 9.53 Å². The third kappa shape index (κ3) is 8.83. The molecule has 1 aliphatic heterocycles. The molecule has 162 valence electrons. The van der Waals surface area contributed by atoms with Gasteiger partial charge in [0.1, 0.15) is 12.1 Å². The molecular weight excluding hydrogens is 473 g/mol. The van der Waals surface area contributed by atoms with Crippen molar-refractivity contribution < 1.29 is 14.3 Å². The Labute approximate surface area is 185 Å². The van der Waals surface area contributed by atoms with Gasteiger partial charge in [0.15, 0.2) is 5.96 Å². The van der Waals surface area contributed by atoms with Gasteiger partial charge in [0.2, 0.25) is 5.91 Å². The first-order valence-electron chi connectivity index (χ1n) is 10.1. The number of aliphatic imine (C=N–C) groups is 1. The third-order valence-corrected chi connectivity index (χ3v) is 4.57. The van der Waals surface area contributed by atoms with Gasteiger partial charge in [0.05, 0.1) is 6.04 Å². The van der Waals surface area contributed by atoms with Gasteiger partial charge in [-0.15, -0.1) is 24.0 Å². The topological polar surface area (TPSA) is 95.1 Å². The molecule has 0 unspecified atom stereocenters. The molecule has 0 aromatic heterocycles. The van der Waals surface area contributed by atoms with Crippen molar-refractivity contribution in [3.63, 3.8) is 0 Å². The highest BCUT2D eigenvalue weighted by atomic mass is 127. The zero-order valence-corrected chi connectivity index (χ0v) is 19.9. The lowest BCUT2D eigenvalue weighted by Gasteiger charge is -2.40. The number of nitrogens with zero attached hydrogens (tertiary/aromatic N) is 2. The Bertz CT molecular complexity index is 538. The zero-order valence-electron chi connectivity index (χ0n) is 17.5. The van der Waals surface area contributed by atoms with Crippen LogP contribution in [0.5, 0.6) is 0 Å². The summed E-state index contributed by atoms with van der Waals surface area (Å²) in [6.45, 7) is 9.49. The summed E-state index contributed by atoms with van der Waals surface area (Å²) in [5.74, 6) is 0.563. The molecule has 2 fully saturated rings. The molecule has 1 saturated heterocycles. The summed E-state index contributed by atoms with van der Waals surface area (Å²) < 4.78 is 5.35. The van der Waals surface area contributed by atoms with Gasteiger partial charge >= 0.3 is 6.09 Å². The Balaban J connectivity index is 0.00000392. The van der Waals surface area contributed by atoms with E-state index in [1.165, 1.54) is 19.3 Å². The van der Waals surface area contributed by atoms with Crippen molar-refractivity contribution in [1.29, 1.82) is 0 Å². The number of carbonyl (C=O) groups is 2. The van der Waals surface area contributed by atoms with Crippen LogP contribution in [0.3, 0.4) is 0 Å². The predicted octanol–water partition coefficient (Wildman–Crippen LogP) is 2.23. The number of rotatable bonds is 5. The Morgan fingerprint density at radius 3 is 2.29 bits per heavy atom. The van der Waals surface area contributed by atoms with Gasteiger partial charge in [-0.3, -0.25) is 4.79 Å². The van der Waals surface area contributed by atoms with Crippen LogP contribution >= 0.6 is 24.0 Å². The number of hydrogen-bond donors (Lipinski definition) is 3. The number of hydrogen-bond acceptors (Lipinski definition) is 4. The maximum Gasteiger partial charge on any atom is 0.410 e. The molecule has 0 radical (unpaired) electrons. The standard InChI is InChI=1S/C19H35N5O3.HI/c1-5-20-17(21-11-16(25)22-14-9-7-6-8-10-14)23-15-12-24(13-15)18(26)27-19(2,3)4;/h14-15H,5-13H2,1-4H3,(H,22,25)(H2,20,21,23);1H. The van der Waals surface area contributed by atoms with Crippen LogP contribution in [0.2, 0.25) is 0 Å². The SMILES string of the molecule is CCNC(=NCC(=O)NC1CCCCC1)NC1CN(C(=O)OC(C)(C)C)C1.I. The molecule has 3 N–H and O–H groups in total. The second-order valence-corrected chi connectivity index (χ2v) is 8.32. The number of carbonyl (C=O) groups excluding carboxylic acids is 2. The van der Waals surface area contributed by atoms with Crippen LogP contribution in [0.1, 0.15) is 59.8 Å². The summed E-state index contributed by atoms with van der Waals surface area (Å²) >= 11 is 0. The maximum absolute atomic E-state index is 12.1. The van der Waals surface area contributed by atoms with Crippen molar-refractivity contribution in [2.24, 2.45) is 4.99 Å². The molecule has 9 heteroatoms. The van der Waals surface area contributed by atoms with Crippen LogP contribution < -0.4 is 16.0 Å². The second kappa shape index (κ2) is 11.7. The van der Waals surface area contributed by atoms with Gasteiger partial charge in [-0.05, 0) is 40.5 Å². The molecule has 1 saturated carbocycles. The fourth-order valence-corrected chi connectivity index (χ4v) is 3.23. The molecular formula is C19H36IN5O3. The van der Waals surface area contributed by atoms with E-state index in [4.69, 9.17) is 4.74 Å². The molecule has 0 bridgehead atoms. The number of amides is 2. The minimum Gasteiger partial charge on any atom is -0.444 e. The summed E-state index contributed by atoms with van der Waals surface area (Å²) in [7, 11) is 0. The maximum atomic E-state index is 12.1. The fraction of sp³-hybridized carbons (Fsp3) is 0.842. The van der Waals surface area contributed by atoms with E-state index in [2.05, 4.69) is 20.9 Å². The fourth-order valence-electron chi connectivity index (χ4n) is 3.23. The molecule has 0 aromatic rings. The number of likely N-dealkylation sites (tertiary alicyclic amines) is 1. The highest BCUT2D eigenvalue weighted by Crippen LogP contribution is 2.17. The molecule has 1 aliphatic carbocycles. The highest BCUT2D eigenvalue weighted by molar-refractivity contribution is 14.0. The average molecular weight is 509 g/mol.